The summed E-state index contributed by atoms with van der Waals surface area (Å²) in [6.45, 7) is 6.02. The van der Waals surface area contributed by atoms with Crippen molar-refractivity contribution in [3.63, 3.8) is 0 Å². The predicted molar refractivity (Wildman–Crippen MR) is 145 cm³/mol. The predicted octanol–water partition coefficient (Wildman–Crippen LogP) is 8.62. The zero-order valence-corrected chi connectivity index (χ0v) is 22.8. The summed E-state index contributed by atoms with van der Waals surface area (Å²) < 4.78 is 56.1. The van der Waals surface area contributed by atoms with Gasteiger partial charge in [0.2, 0.25) is 0 Å². The average molecular weight is 541 g/mol. The molecule has 1 fully saturated rings. The molecule has 0 bridgehead atoms. The van der Waals surface area contributed by atoms with Crippen molar-refractivity contribution in [3.8, 4) is 22.6 Å². The molecule has 0 aromatic heterocycles. The summed E-state index contributed by atoms with van der Waals surface area (Å²) in [5.41, 5.74) is 2.35. The average Bonchev–Trinajstić information content (AvgIpc) is 3.24. The minimum Gasteiger partial charge on any atom is -0.497 e. The Bertz CT molecular complexity index is 1350. The number of hydrogen-bond donors (Lipinski definition) is 1. The van der Waals surface area contributed by atoms with Gasteiger partial charge in [0.05, 0.1) is 13.5 Å². The van der Waals surface area contributed by atoms with E-state index in [0.717, 1.165) is 24.8 Å². The van der Waals surface area contributed by atoms with E-state index in [1.807, 2.05) is 6.92 Å². The van der Waals surface area contributed by atoms with Gasteiger partial charge in [0.25, 0.3) is 0 Å². The Morgan fingerprint density at radius 1 is 1.03 bits per heavy atom. The maximum absolute atomic E-state index is 15.5. The molecule has 1 aliphatic carbocycles. The van der Waals surface area contributed by atoms with E-state index in [1.54, 1.807) is 18.2 Å². The molecule has 3 aromatic rings. The van der Waals surface area contributed by atoms with E-state index in [4.69, 9.17) is 9.47 Å². The standard InChI is InChI=1S/C32H35F3O4/c1-5-19(14-31(36)37)20-11-22(33)15-24(12-20)39-18-21-13-26(28-7-6-10-32(28,2)3)25(17-30(21)35)27-16-23(38-4)8-9-29(27)34/h8-9,11-13,15-17,19,28H,5-7,10,14,18H2,1-4H3,(H,36,37)/t19-,28+/m1/s1. The summed E-state index contributed by atoms with van der Waals surface area (Å²) in [5.74, 6) is -2.15. The minimum absolute atomic E-state index is 0.0587. The van der Waals surface area contributed by atoms with Gasteiger partial charge in [-0.3, -0.25) is 4.79 Å². The van der Waals surface area contributed by atoms with Crippen LogP contribution >= 0.6 is 0 Å². The van der Waals surface area contributed by atoms with Crippen molar-refractivity contribution in [3.05, 3.63) is 82.7 Å². The van der Waals surface area contributed by atoms with Crippen LogP contribution in [0.5, 0.6) is 11.5 Å². The number of benzene rings is 3. The van der Waals surface area contributed by atoms with E-state index in [9.17, 15) is 14.3 Å². The first-order chi connectivity index (χ1) is 18.5. The number of carbonyl (C=O) groups is 1. The van der Waals surface area contributed by atoms with Gasteiger partial charge in [-0.2, -0.15) is 0 Å². The van der Waals surface area contributed by atoms with Crippen molar-refractivity contribution >= 4 is 5.97 Å². The Kier molecular flexibility index (Phi) is 8.57. The molecule has 1 N–H and O–H groups in total. The Labute approximate surface area is 227 Å². The molecule has 4 nitrogen and oxygen atoms in total. The van der Waals surface area contributed by atoms with Crippen molar-refractivity contribution in [2.45, 2.75) is 71.3 Å². The van der Waals surface area contributed by atoms with Crippen LogP contribution in [-0.2, 0) is 11.4 Å². The highest BCUT2D eigenvalue weighted by Crippen LogP contribution is 2.51. The Balaban J connectivity index is 1.71. The molecule has 0 heterocycles. The molecule has 0 saturated heterocycles. The van der Waals surface area contributed by atoms with E-state index in [-0.39, 0.29) is 47.2 Å². The van der Waals surface area contributed by atoms with Gasteiger partial charge in [-0.15, -0.1) is 0 Å². The summed E-state index contributed by atoms with van der Waals surface area (Å²) in [6, 6.07) is 11.7. The van der Waals surface area contributed by atoms with Gasteiger partial charge in [-0.25, -0.2) is 13.2 Å². The molecule has 208 valence electrons. The maximum Gasteiger partial charge on any atom is 0.303 e. The van der Waals surface area contributed by atoms with Crippen LogP contribution in [0.3, 0.4) is 0 Å². The van der Waals surface area contributed by atoms with Gasteiger partial charge in [-0.1, -0.05) is 27.2 Å². The van der Waals surface area contributed by atoms with E-state index in [1.165, 1.54) is 37.4 Å². The first kappa shape index (κ1) is 28.5. The first-order valence-corrected chi connectivity index (χ1v) is 13.3. The first-order valence-electron chi connectivity index (χ1n) is 13.3. The van der Waals surface area contributed by atoms with Crippen LogP contribution in [0.2, 0.25) is 0 Å². The highest BCUT2D eigenvalue weighted by molar-refractivity contribution is 5.71. The summed E-state index contributed by atoms with van der Waals surface area (Å²) in [5, 5.41) is 9.20. The fourth-order valence-corrected chi connectivity index (χ4v) is 5.78. The van der Waals surface area contributed by atoms with Gasteiger partial charge >= 0.3 is 5.97 Å². The number of carboxylic acids is 1. The second kappa shape index (κ2) is 11.7. The lowest BCUT2D eigenvalue weighted by Crippen LogP contribution is -2.17. The molecule has 1 aliphatic rings. The number of ether oxygens (including phenoxy) is 2. The SMILES string of the molecule is CC[C@H](CC(=O)O)c1cc(F)cc(OCc2cc([C@@H]3CCCC3(C)C)c(-c3cc(OC)ccc3F)cc2F)c1. The summed E-state index contributed by atoms with van der Waals surface area (Å²) in [6.07, 6.45) is 3.31. The lowest BCUT2D eigenvalue weighted by molar-refractivity contribution is -0.137. The van der Waals surface area contributed by atoms with Crippen LogP contribution < -0.4 is 9.47 Å². The van der Waals surface area contributed by atoms with E-state index < -0.39 is 23.4 Å². The largest absolute Gasteiger partial charge is 0.497 e. The molecule has 0 amide bonds. The Hall–Kier alpha value is -3.48. The van der Waals surface area contributed by atoms with E-state index in [0.29, 0.717) is 23.3 Å². The van der Waals surface area contributed by atoms with Crippen LogP contribution in [-0.4, -0.2) is 18.2 Å². The molecule has 7 heteroatoms. The highest BCUT2D eigenvalue weighted by Gasteiger charge is 2.37. The van der Waals surface area contributed by atoms with Crippen molar-refractivity contribution in [2.75, 3.05) is 7.11 Å². The third kappa shape index (κ3) is 6.40. The fourth-order valence-electron chi connectivity index (χ4n) is 5.78. The summed E-state index contributed by atoms with van der Waals surface area (Å²) in [4.78, 5) is 11.2. The Morgan fingerprint density at radius 3 is 2.44 bits per heavy atom. The molecule has 39 heavy (non-hydrogen) atoms. The molecule has 1 saturated carbocycles. The highest BCUT2D eigenvalue weighted by atomic mass is 19.1. The number of methoxy groups -OCH3 is 1. The minimum atomic E-state index is -0.967. The second-order valence-corrected chi connectivity index (χ2v) is 11.0. The van der Waals surface area contributed by atoms with E-state index >= 15 is 8.78 Å². The molecule has 3 aromatic carbocycles. The third-order valence-corrected chi connectivity index (χ3v) is 7.99. The number of halogens is 3. The summed E-state index contributed by atoms with van der Waals surface area (Å²) >= 11 is 0. The van der Waals surface area contributed by atoms with Gasteiger partial charge in [0, 0.05) is 17.2 Å². The van der Waals surface area contributed by atoms with Gasteiger partial charge in [-0.05, 0) is 95.7 Å². The van der Waals surface area contributed by atoms with Crippen molar-refractivity contribution in [2.24, 2.45) is 5.41 Å². The fraction of sp³-hybridized carbons (Fsp3) is 0.406. The second-order valence-electron chi connectivity index (χ2n) is 11.0. The van der Waals surface area contributed by atoms with Crippen LogP contribution in [0.4, 0.5) is 13.2 Å². The molecular formula is C32H35F3O4. The lowest BCUT2D eigenvalue weighted by atomic mass is 9.75. The lowest BCUT2D eigenvalue weighted by Gasteiger charge is -2.30. The molecule has 0 aliphatic heterocycles. The zero-order valence-electron chi connectivity index (χ0n) is 22.8. The van der Waals surface area contributed by atoms with Crippen LogP contribution in [0, 0.1) is 22.9 Å². The van der Waals surface area contributed by atoms with Gasteiger partial charge < -0.3 is 14.6 Å². The van der Waals surface area contributed by atoms with Gasteiger partial charge in [0.1, 0.15) is 35.6 Å². The number of carboxylic acid groups (broad SMARTS) is 1. The number of hydrogen-bond acceptors (Lipinski definition) is 3. The smallest absolute Gasteiger partial charge is 0.303 e. The number of rotatable bonds is 10. The number of aliphatic carboxylic acids is 1. The normalized spacial score (nSPS) is 17.2. The molecule has 0 unspecified atom stereocenters. The third-order valence-electron chi connectivity index (χ3n) is 7.99. The summed E-state index contributed by atoms with van der Waals surface area (Å²) in [7, 11) is 1.50. The van der Waals surface area contributed by atoms with E-state index in [2.05, 4.69) is 13.8 Å². The van der Waals surface area contributed by atoms with Crippen LogP contribution in [0.1, 0.15) is 81.4 Å². The van der Waals surface area contributed by atoms with Crippen molar-refractivity contribution in [1.29, 1.82) is 0 Å². The monoisotopic (exact) mass is 540 g/mol. The zero-order chi connectivity index (χ0) is 28.3. The molecule has 4 rings (SSSR count). The maximum atomic E-state index is 15.5. The topological polar surface area (TPSA) is 55.8 Å². The quantitative estimate of drug-likeness (QED) is 0.280. The van der Waals surface area contributed by atoms with Crippen molar-refractivity contribution in [1.82, 2.24) is 0 Å². The van der Waals surface area contributed by atoms with Crippen LogP contribution in [0.25, 0.3) is 11.1 Å². The molecular weight excluding hydrogens is 505 g/mol. The molecule has 2 atom stereocenters. The van der Waals surface area contributed by atoms with Gasteiger partial charge in [0.15, 0.2) is 0 Å². The Morgan fingerprint density at radius 2 is 1.79 bits per heavy atom. The molecule has 0 radical (unpaired) electrons. The van der Waals surface area contributed by atoms with Crippen LogP contribution in [0.15, 0.2) is 48.5 Å². The molecule has 0 spiro atoms. The van der Waals surface area contributed by atoms with Crippen molar-refractivity contribution < 1.29 is 32.5 Å².